The van der Waals surface area contributed by atoms with E-state index in [-0.39, 0.29) is 5.91 Å². The lowest BCUT2D eigenvalue weighted by Gasteiger charge is -2.35. The average molecular weight is 383 g/mol. The molecule has 1 saturated heterocycles. The molecule has 7 heteroatoms. The summed E-state index contributed by atoms with van der Waals surface area (Å²) in [7, 11) is 0. The highest BCUT2D eigenvalue weighted by Crippen LogP contribution is 2.29. The van der Waals surface area contributed by atoms with Crippen LogP contribution in [0.25, 0.3) is 0 Å². The number of nitrogens with zero attached hydrogens (tertiary/aromatic N) is 2. The van der Waals surface area contributed by atoms with E-state index in [0.717, 1.165) is 6.07 Å². The van der Waals surface area contributed by atoms with Gasteiger partial charge in [0.15, 0.2) is 0 Å². The fraction of sp³-hybridized carbons (Fsp3) is 0.316. The van der Waals surface area contributed by atoms with Gasteiger partial charge in [0.1, 0.15) is 0 Å². The molecule has 0 N–H and O–H groups in total. The highest BCUT2D eigenvalue weighted by molar-refractivity contribution is 6.33. The van der Waals surface area contributed by atoms with Gasteiger partial charge in [-0.3, -0.25) is 9.69 Å². The van der Waals surface area contributed by atoms with Gasteiger partial charge in [-0.05, 0) is 23.8 Å². The van der Waals surface area contributed by atoms with Crippen molar-refractivity contribution in [3.63, 3.8) is 0 Å². The Balaban J connectivity index is 1.59. The molecule has 1 aliphatic heterocycles. The van der Waals surface area contributed by atoms with E-state index in [4.69, 9.17) is 11.6 Å². The van der Waals surface area contributed by atoms with E-state index >= 15 is 0 Å². The Hall–Kier alpha value is -2.05. The van der Waals surface area contributed by atoms with Gasteiger partial charge < -0.3 is 4.90 Å². The van der Waals surface area contributed by atoms with Crippen LogP contribution in [0.2, 0.25) is 5.02 Å². The van der Waals surface area contributed by atoms with E-state index in [1.165, 1.54) is 12.1 Å². The molecule has 3 nitrogen and oxygen atoms in total. The lowest BCUT2D eigenvalue weighted by molar-refractivity contribution is -0.137. The summed E-state index contributed by atoms with van der Waals surface area (Å²) >= 11 is 6.08. The van der Waals surface area contributed by atoms with E-state index < -0.39 is 11.7 Å². The highest BCUT2D eigenvalue weighted by atomic mass is 35.5. The van der Waals surface area contributed by atoms with Crippen molar-refractivity contribution < 1.29 is 18.0 Å². The molecule has 1 fully saturated rings. The fourth-order valence-electron chi connectivity index (χ4n) is 3.02. The summed E-state index contributed by atoms with van der Waals surface area (Å²) in [6, 6.07) is 12.3. The molecule has 0 spiro atoms. The number of amides is 1. The summed E-state index contributed by atoms with van der Waals surface area (Å²) in [5.74, 6) is -0.116. The molecule has 2 aromatic rings. The van der Waals surface area contributed by atoms with Crippen molar-refractivity contribution in [3.8, 4) is 0 Å². The van der Waals surface area contributed by atoms with Crippen LogP contribution in [0.3, 0.4) is 0 Å². The molecule has 0 unspecified atom stereocenters. The third-order valence-corrected chi connectivity index (χ3v) is 4.75. The van der Waals surface area contributed by atoms with E-state index in [2.05, 4.69) is 0 Å². The Bertz CT molecular complexity index is 786. The summed E-state index contributed by atoms with van der Waals surface area (Å²) in [6.07, 6.45) is -4.34. The molecule has 2 aromatic carbocycles. The third kappa shape index (κ3) is 4.37. The van der Waals surface area contributed by atoms with E-state index in [0.29, 0.717) is 48.9 Å². The quantitative estimate of drug-likeness (QED) is 0.789. The van der Waals surface area contributed by atoms with Gasteiger partial charge in [-0.1, -0.05) is 41.9 Å². The number of alkyl halides is 3. The van der Waals surface area contributed by atoms with E-state index in [1.54, 1.807) is 35.2 Å². The van der Waals surface area contributed by atoms with Crippen LogP contribution >= 0.6 is 11.6 Å². The number of rotatable bonds is 3. The van der Waals surface area contributed by atoms with Crippen LogP contribution in [-0.4, -0.2) is 41.9 Å². The van der Waals surface area contributed by atoms with Crippen molar-refractivity contribution in [2.24, 2.45) is 0 Å². The topological polar surface area (TPSA) is 23.6 Å². The zero-order valence-electron chi connectivity index (χ0n) is 14.0. The molecule has 0 aliphatic carbocycles. The molecule has 26 heavy (non-hydrogen) atoms. The number of carbonyl (C=O) groups excluding carboxylic acids is 1. The van der Waals surface area contributed by atoms with Crippen LogP contribution in [-0.2, 0) is 12.7 Å². The maximum absolute atomic E-state index is 12.8. The van der Waals surface area contributed by atoms with Gasteiger partial charge in [0.2, 0.25) is 0 Å². The number of hydrogen-bond acceptors (Lipinski definition) is 2. The second-order valence-corrected chi connectivity index (χ2v) is 6.65. The molecule has 138 valence electrons. The minimum atomic E-state index is -4.34. The van der Waals surface area contributed by atoms with E-state index in [9.17, 15) is 18.0 Å². The van der Waals surface area contributed by atoms with Crippen molar-refractivity contribution in [1.82, 2.24) is 9.80 Å². The first kappa shape index (κ1) is 18.7. The van der Waals surface area contributed by atoms with Gasteiger partial charge in [0.05, 0.1) is 16.1 Å². The van der Waals surface area contributed by atoms with E-state index in [1.807, 2.05) is 4.90 Å². The van der Waals surface area contributed by atoms with Crippen molar-refractivity contribution in [3.05, 3.63) is 70.2 Å². The molecule has 0 atom stereocenters. The Morgan fingerprint density at radius 2 is 1.69 bits per heavy atom. The van der Waals surface area contributed by atoms with Crippen LogP contribution in [0.15, 0.2) is 48.5 Å². The molecule has 1 heterocycles. The van der Waals surface area contributed by atoms with Crippen molar-refractivity contribution >= 4 is 17.5 Å². The van der Waals surface area contributed by atoms with Gasteiger partial charge >= 0.3 is 6.18 Å². The zero-order valence-corrected chi connectivity index (χ0v) is 14.7. The number of carbonyl (C=O) groups is 1. The highest BCUT2D eigenvalue weighted by Gasteiger charge is 2.30. The second-order valence-electron chi connectivity index (χ2n) is 6.25. The van der Waals surface area contributed by atoms with Gasteiger partial charge in [-0.15, -0.1) is 0 Å². The Kier molecular flexibility index (Phi) is 5.53. The Labute approximate surface area is 155 Å². The zero-order chi connectivity index (χ0) is 18.7. The Morgan fingerprint density at radius 3 is 2.35 bits per heavy atom. The molecular formula is C19H18ClF3N2O. The number of benzene rings is 2. The lowest BCUT2D eigenvalue weighted by atomic mass is 10.1. The normalized spacial score (nSPS) is 15.9. The predicted molar refractivity (Wildman–Crippen MR) is 94.1 cm³/mol. The first-order valence-corrected chi connectivity index (χ1v) is 8.65. The summed E-state index contributed by atoms with van der Waals surface area (Å²) in [6.45, 7) is 2.67. The minimum Gasteiger partial charge on any atom is -0.336 e. The monoisotopic (exact) mass is 382 g/mol. The van der Waals surface area contributed by atoms with Gasteiger partial charge in [0, 0.05) is 32.7 Å². The summed E-state index contributed by atoms with van der Waals surface area (Å²) < 4.78 is 38.4. The third-order valence-electron chi connectivity index (χ3n) is 4.42. The molecular weight excluding hydrogens is 365 g/mol. The van der Waals surface area contributed by atoms with Crippen molar-refractivity contribution in [2.45, 2.75) is 12.7 Å². The molecule has 0 bridgehead atoms. The van der Waals surface area contributed by atoms with Crippen LogP contribution in [0.5, 0.6) is 0 Å². The molecule has 0 radical (unpaired) electrons. The summed E-state index contributed by atoms with van der Waals surface area (Å²) in [5, 5.41) is 0.420. The first-order chi connectivity index (χ1) is 12.3. The molecule has 0 aromatic heterocycles. The smallest absolute Gasteiger partial charge is 0.336 e. The van der Waals surface area contributed by atoms with Crippen LogP contribution < -0.4 is 0 Å². The molecule has 3 rings (SSSR count). The maximum Gasteiger partial charge on any atom is 0.416 e. The summed E-state index contributed by atoms with van der Waals surface area (Å²) in [4.78, 5) is 16.3. The van der Waals surface area contributed by atoms with Crippen LogP contribution in [0, 0.1) is 0 Å². The average Bonchev–Trinajstić information content (AvgIpc) is 2.62. The standard InChI is InChI=1S/C19H18ClF3N2O/c20-17-7-2-1-6-16(17)18(26)25-10-8-24(9-11-25)13-14-4-3-5-15(12-14)19(21,22)23/h1-7,12H,8-11,13H2. The Morgan fingerprint density at radius 1 is 1.00 bits per heavy atom. The molecule has 0 saturated carbocycles. The molecule has 1 amide bonds. The van der Waals surface area contributed by atoms with Crippen molar-refractivity contribution in [2.75, 3.05) is 26.2 Å². The second kappa shape index (κ2) is 7.68. The summed E-state index contributed by atoms with van der Waals surface area (Å²) in [5.41, 5.74) is 0.453. The minimum absolute atomic E-state index is 0.116. The largest absolute Gasteiger partial charge is 0.416 e. The number of halogens is 4. The van der Waals surface area contributed by atoms with Crippen LogP contribution in [0.1, 0.15) is 21.5 Å². The van der Waals surface area contributed by atoms with Gasteiger partial charge in [-0.25, -0.2) is 0 Å². The van der Waals surface area contributed by atoms with Crippen LogP contribution in [0.4, 0.5) is 13.2 Å². The predicted octanol–water partition coefficient (Wildman–Crippen LogP) is 4.32. The molecule has 1 aliphatic rings. The SMILES string of the molecule is O=C(c1ccccc1Cl)N1CCN(Cc2cccc(C(F)(F)F)c2)CC1. The van der Waals surface area contributed by atoms with Gasteiger partial charge in [-0.2, -0.15) is 13.2 Å². The van der Waals surface area contributed by atoms with Crippen molar-refractivity contribution in [1.29, 1.82) is 0 Å². The lowest BCUT2D eigenvalue weighted by Crippen LogP contribution is -2.48. The first-order valence-electron chi connectivity index (χ1n) is 8.27. The maximum atomic E-state index is 12.8. The fourth-order valence-corrected chi connectivity index (χ4v) is 3.23. The number of hydrogen-bond donors (Lipinski definition) is 0. The number of piperazine rings is 1. The van der Waals surface area contributed by atoms with Gasteiger partial charge in [0.25, 0.3) is 5.91 Å².